The van der Waals surface area contributed by atoms with E-state index in [0.717, 1.165) is 24.0 Å². The second-order valence-electron chi connectivity index (χ2n) is 7.87. The van der Waals surface area contributed by atoms with Crippen LogP contribution in [-0.4, -0.2) is 42.7 Å². The lowest BCUT2D eigenvalue weighted by atomic mass is 9.98. The summed E-state index contributed by atoms with van der Waals surface area (Å²) in [6.07, 6.45) is 1.90. The van der Waals surface area contributed by atoms with E-state index in [4.69, 9.17) is 10.5 Å². The first-order chi connectivity index (χ1) is 16.1. The van der Waals surface area contributed by atoms with Crippen molar-refractivity contribution in [3.8, 4) is 28.5 Å². The average molecular weight is 447 g/mol. The molecule has 0 spiro atoms. The van der Waals surface area contributed by atoms with E-state index in [1.807, 2.05) is 37.3 Å². The standard InChI is InChI=1S/C23H22FN7O2/c1-2-33-23-26-19(13-7-8-13)20(21(25)32)31(23)12-15-10-9-14(11-18(15)24)16-5-3-4-6-17(16)22-27-29-30-28-22/h3-6,9-11,13H,2,7-8,12H2,1H3,(H2,25,32)(H,27,28,29,30). The number of aromatic nitrogens is 6. The zero-order valence-electron chi connectivity index (χ0n) is 18.0. The van der Waals surface area contributed by atoms with Crippen LogP contribution in [0.3, 0.4) is 0 Å². The number of nitrogens with one attached hydrogen (secondary N) is 1. The zero-order valence-corrected chi connectivity index (χ0v) is 18.0. The molecule has 1 amide bonds. The molecule has 4 aromatic rings. The van der Waals surface area contributed by atoms with Gasteiger partial charge in [0.2, 0.25) is 5.82 Å². The molecule has 10 heteroatoms. The van der Waals surface area contributed by atoms with Crippen LogP contribution in [0.4, 0.5) is 4.39 Å². The molecular weight excluding hydrogens is 425 g/mol. The number of H-pyrrole nitrogens is 1. The molecule has 1 fully saturated rings. The van der Waals surface area contributed by atoms with Crippen molar-refractivity contribution in [1.29, 1.82) is 0 Å². The Morgan fingerprint density at radius 2 is 2.03 bits per heavy atom. The molecule has 2 aromatic heterocycles. The molecule has 1 aliphatic carbocycles. The van der Waals surface area contributed by atoms with Crippen LogP contribution in [0, 0.1) is 5.82 Å². The predicted octanol–water partition coefficient (Wildman–Crippen LogP) is 3.29. The second kappa shape index (κ2) is 8.45. The van der Waals surface area contributed by atoms with Crippen LogP contribution in [0.2, 0.25) is 0 Å². The number of tetrazole rings is 1. The monoisotopic (exact) mass is 447 g/mol. The van der Waals surface area contributed by atoms with E-state index in [1.165, 1.54) is 6.07 Å². The first-order valence-electron chi connectivity index (χ1n) is 10.7. The van der Waals surface area contributed by atoms with Gasteiger partial charge in [-0.15, -0.1) is 10.2 Å². The summed E-state index contributed by atoms with van der Waals surface area (Å²) in [5, 5.41) is 14.1. The Morgan fingerprint density at radius 1 is 1.24 bits per heavy atom. The molecule has 168 valence electrons. The van der Waals surface area contributed by atoms with E-state index in [1.54, 1.807) is 10.6 Å². The Hall–Kier alpha value is -4.08. The summed E-state index contributed by atoms with van der Waals surface area (Å²) in [4.78, 5) is 16.8. The third-order valence-electron chi connectivity index (χ3n) is 5.64. The molecule has 0 radical (unpaired) electrons. The minimum atomic E-state index is -0.596. The number of imidazole rings is 1. The number of hydrogen-bond donors (Lipinski definition) is 2. The lowest BCUT2D eigenvalue weighted by Crippen LogP contribution is -2.20. The maximum absolute atomic E-state index is 15.3. The summed E-state index contributed by atoms with van der Waals surface area (Å²) in [6, 6.07) is 12.7. The van der Waals surface area contributed by atoms with Gasteiger partial charge in [0.1, 0.15) is 11.5 Å². The van der Waals surface area contributed by atoms with E-state index in [2.05, 4.69) is 25.6 Å². The lowest BCUT2D eigenvalue weighted by Gasteiger charge is -2.13. The number of primary amides is 1. The van der Waals surface area contributed by atoms with Gasteiger partial charge in [0.05, 0.1) is 18.8 Å². The van der Waals surface area contributed by atoms with Gasteiger partial charge in [0, 0.05) is 17.0 Å². The number of halogens is 1. The van der Waals surface area contributed by atoms with E-state index >= 15 is 4.39 Å². The van der Waals surface area contributed by atoms with Crippen molar-refractivity contribution in [1.82, 2.24) is 30.2 Å². The number of carbonyl (C=O) groups excluding carboxylic acids is 1. The highest BCUT2D eigenvalue weighted by molar-refractivity contribution is 5.93. The molecule has 0 atom stereocenters. The lowest BCUT2D eigenvalue weighted by molar-refractivity contribution is 0.0989. The Balaban J connectivity index is 1.52. The fraction of sp³-hybridized carbons (Fsp3) is 0.261. The zero-order chi connectivity index (χ0) is 22.9. The number of carbonyl (C=O) groups is 1. The summed E-state index contributed by atoms with van der Waals surface area (Å²) in [5.74, 6) is -0.397. The largest absolute Gasteiger partial charge is 0.465 e. The first kappa shape index (κ1) is 20.8. The molecule has 3 N–H and O–H groups in total. The molecule has 0 saturated heterocycles. The fourth-order valence-corrected chi connectivity index (χ4v) is 3.96. The summed E-state index contributed by atoms with van der Waals surface area (Å²) in [5.41, 5.74) is 9.16. The Kier molecular flexibility index (Phi) is 5.33. The predicted molar refractivity (Wildman–Crippen MR) is 118 cm³/mol. The average Bonchev–Trinajstić information content (AvgIpc) is 3.38. The normalized spacial score (nSPS) is 13.3. The molecule has 1 aliphatic rings. The summed E-state index contributed by atoms with van der Waals surface area (Å²) in [7, 11) is 0. The van der Waals surface area contributed by atoms with Crippen LogP contribution in [-0.2, 0) is 6.54 Å². The second-order valence-corrected chi connectivity index (χ2v) is 7.87. The molecule has 0 unspecified atom stereocenters. The minimum Gasteiger partial charge on any atom is -0.465 e. The number of aromatic amines is 1. The van der Waals surface area contributed by atoms with Crippen LogP contribution in [0.1, 0.15) is 47.4 Å². The van der Waals surface area contributed by atoms with E-state index in [-0.39, 0.29) is 24.2 Å². The number of nitrogens with two attached hydrogens (primary N) is 1. The van der Waals surface area contributed by atoms with E-state index in [9.17, 15) is 4.79 Å². The highest BCUT2D eigenvalue weighted by atomic mass is 19.1. The van der Waals surface area contributed by atoms with Gasteiger partial charge in [-0.3, -0.25) is 9.36 Å². The van der Waals surface area contributed by atoms with Crippen LogP contribution in [0.5, 0.6) is 6.01 Å². The molecule has 5 rings (SSSR count). The summed E-state index contributed by atoms with van der Waals surface area (Å²) >= 11 is 0. The van der Waals surface area contributed by atoms with Crippen LogP contribution in [0.25, 0.3) is 22.5 Å². The summed E-state index contributed by atoms with van der Waals surface area (Å²) in [6.45, 7) is 2.27. The van der Waals surface area contributed by atoms with E-state index in [0.29, 0.717) is 29.3 Å². The van der Waals surface area contributed by atoms with Crippen molar-refractivity contribution in [3.63, 3.8) is 0 Å². The number of benzene rings is 2. The van der Waals surface area contributed by atoms with Crippen molar-refractivity contribution < 1.29 is 13.9 Å². The van der Waals surface area contributed by atoms with Crippen molar-refractivity contribution in [2.24, 2.45) is 5.73 Å². The number of ether oxygens (including phenoxy) is 1. The van der Waals surface area contributed by atoms with Crippen LogP contribution < -0.4 is 10.5 Å². The maximum atomic E-state index is 15.3. The van der Waals surface area contributed by atoms with Gasteiger partial charge < -0.3 is 10.5 Å². The number of amides is 1. The summed E-state index contributed by atoms with van der Waals surface area (Å²) < 4.78 is 22.5. The molecule has 0 aliphatic heterocycles. The Morgan fingerprint density at radius 3 is 2.67 bits per heavy atom. The first-order valence-corrected chi connectivity index (χ1v) is 10.7. The van der Waals surface area contributed by atoms with Crippen LogP contribution in [0.15, 0.2) is 42.5 Å². The molecule has 9 nitrogen and oxygen atoms in total. The fourth-order valence-electron chi connectivity index (χ4n) is 3.96. The maximum Gasteiger partial charge on any atom is 0.297 e. The molecule has 33 heavy (non-hydrogen) atoms. The van der Waals surface area contributed by atoms with E-state index < -0.39 is 11.7 Å². The number of nitrogens with zero attached hydrogens (tertiary/aromatic N) is 5. The smallest absolute Gasteiger partial charge is 0.297 e. The van der Waals surface area contributed by atoms with Gasteiger partial charge in [-0.05, 0) is 42.2 Å². The highest BCUT2D eigenvalue weighted by Gasteiger charge is 2.34. The topological polar surface area (TPSA) is 125 Å². The van der Waals surface area contributed by atoms with Gasteiger partial charge >= 0.3 is 0 Å². The third kappa shape index (κ3) is 3.95. The van der Waals surface area contributed by atoms with Crippen LogP contribution >= 0.6 is 0 Å². The van der Waals surface area contributed by atoms with Crippen molar-refractivity contribution in [2.45, 2.75) is 32.2 Å². The minimum absolute atomic E-state index is 0.0753. The molecular formula is C23H22FN7O2. The molecule has 2 aromatic carbocycles. The SMILES string of the molecule is CCOc1nc(C2CC2)c(C(N)=O)n1Cc1ccc(-c2ccccc2-c2nn[nH]n2)cc1F. The Bertz CT molecular complexity index is 1310. The van der Waals surface area contributed by atoms with Crippen molar-refractivity contribution >= 4 is 5.91 Å². The quantitative estimate of drug-likeness (QED) is 0.427. The number of rotatable bonds is 8. The van der Waals surface area contributed by atoms with Crippen molar-refractivity contribution in [3.05, 3.63) is 65.2 Å². The highest BCUT2D eigenvalue weighted by Crippen LogP contribution is 2.42. The van der Waals surface area contributed by atoms with Gasteiger partial charge in [-0.2, -0.15) is 10.2 Å². The van der Waals surface area contributed by atoms with Gasteiger partial charge in [-0.1, -0.05) is 36.4 Å². The number of hydrogen-bond acceptors (Lipinski definition) is 6. The van der Waals surface area contributed by atoms with Gasteiger partial charge in [0.25, 0.3) is 11.9 Å². The Labute approximate surface area is 188 Å². The molecule has 1 saturated carbocycles. The van der Waals surface area contributed by atoms with Crippen molar-refractivity contribution in [2.75, 3.05) is 6.61 Å². The molecule has 0 bridgehead atoms. The molecule has 2 heterocycles. The third-order valence-corrected chi connectivity index (χ3v) is 5.64. The van der Waals surface area contributed by atoms with Gasteiger partial charge in [-0.25, -0.2) is 4.39 Å². The van der Waals surface area contributed by atoms with Gasteiger partial charge in [0.15, 0.2) is 0 Å².